The number of nitrogens with one attached hydrogen (secondary N) is 1. The van der Waals surface area contributed by atoms with Crippen molar-refractivity contribution < 1.29 is 23.9 Å². The number of nitro benzene ring substituents is 1. The smallest absolute Gasteiger partial charge is 0.317 e. The standard InChI is InChI=1S/C17H21N3O6S/c1-4-25-15(21)13-14-11-9-10(20(22)23)5-6-12(11)26-17(13,2)19(7-8-24-3)16(27)18-14/h5-6,9,13-14H,4,7-8H2,1-3H3,(H,18,27)/t13-,14+,17-/m0/s1. The van der Waals surface area contributed by atoms with Crippen molar-refractivity contribution in [3.63, 3.8) is 0 Å². The van der Waals surface area contributed by atoms with E-state index >= 15 is 0 Å². The summed E-state index contributed by atoms with van der Waals surface area (Å²) in [5.74, 6) is -0.763. The van der Waals surface area contributed by atoms with Crippen molar-refractivity contribution in [2.24, 2.45) is 5.92 Å². The first-order chi connectivity index (χ1) is 12.8. The minimum atomic E-state index is -1.11. The molecule has 10 heteroatoms. The average Bonchev–Trinajstić information content (AvgIpc) is 2.60. The molecule has 3 atom stereocenters. The Bertz CT molecular complexity index is 788. The number of nitrogens with zero attached hydrogens (tertiary/aromatic N) is 2. The SMILES string of the molecule is CCOC(=O)[C@@H]1[C@@H]2NC(=S)N(CCOC)[C@@]1(C)Oc1ccc([N+](=O)[O-])cc12. The molecule has 0 aromatic heterocycles. The van der Waals surface area contributed by atoms with Crippen LogP contribution in [0.1, 0.15) is 25.5 Å². The fourth-order valence-corrected chi connectivity index (χ4v) is 4.05. The molecule has 146 valence electrons. The molecule has 3 rings (SSSR count). The fourth-order valence-electron chi connectivity index (χ4n) is 3.65. The van der Waals surface area contributed by atoms with Crippen molar-refractivity contribution in [1.82, 2.24) is 10.2 Å². The molecule has 0 saturated carbocycles. The van der Waals surface area contributed by atoms with E-state index in [0.29, 0.717) is 29.6 Å². The van der Waals surface area contributed by atoms with E-state index in [9.17, 15) is 14.9 Å². The van der Waals surface area contributed by atoms with Crippen LogP contribution in [0, 0.1) is 16.0 Å². The number of benzene rings is 1. The lowest BCUT2D eigenvalue weighted by Gasteiger charge is -2.55. The summed E-state index contributed by atoms with van der Waals surface area (Å²) in [6.07, 6.45) is 0. The number of ether oxygens (including phenoxy) is 3. The first-order valence-electron chi connectivity index (χ1n) is 8.54. The maximum absolute atomic E-state index is 12.8. The van der Waals surface area contributed by atoms with Gasteiger partial charge in [0.15, 0.2) is 10.8 Å². The number of fused-ring (bicyclic) bond motifs is 4. The van der Waals surface area contributed by atoms with E-state index in [1.165, 1.54) is 12.1 Å². The quantitative estimate of drug-likeness (QED) is 0.334. The van der Waals surface area contributed by atoms with E-state index in [1.54, 1.807) is 31.9 Å². The lowest BCUT2D eigenvalue weighted by atomic mass is 9.79. The number of non-ortho nitro benzene ring substituents is 1. The molecule has 1 aromatic carbocycles. The molecule has 1 N–H and O–H groups in total. The lowest BCUT2D eigenvalue weighted by molar-refractivity contribution is -0.385. The predicted molar refractivity (Wildman–Crippen MR) is 99.3 cm³/mol. The molecule has 0 unspecified atom stereocenters. The van der Waals surface area contributed by atoms with Gasteiger partial charge < -0.3 is 24.4 Å². The van der Waals surface area contributed by atoms with Crippen molar-refractivity contribution in [3.8, 4) is 5.75 Å². The second kappa shape index (κ2) is 7.28. The molecule has 0 amide bonds. The number of rotatable bonds is 6. The second-order valence-corrected chi connectivity index (χ2v) is 6.82. The van der Waals surface area contributed by atoms with Gasteiger partial charge >= 0.3 is 5.97 Å². The van der Waals surface area contributed by atoms with E-state index in [0.717, 1.165) is 0 Å². The van der Waals surface area contributed by atoms with Crippen molar-refractivity contribution in [2.45, 2.75) is 25.6 Å². The Morgan fingerprint density at radius 1 is 1.52 bits per heavy atom. The van der Waals surface area contributed by atoms with Gasteiger partial charge in [-0.15, -0.1) is 0 Å². The number of methoxy groups -OCH3 is 1. The van der Waals surface area contributed by atoms with Crippen LogP contribution < -0.4 is 10.1 Å². The minimum absolute atomic E-state index is 0.0851. The van der Waals surface area contributed by atoms with Gasteiger partial charge in [0.1, 0.15) is 11.7 Å². The Morgan fingerprint density at radius 2 is 2.26 bits per heavy atom. The molecule has 1 saturated heterocycles. The molecule has 2 aliphatic rings. The van der Waals surface area contributed by atoms with Crippen LogP contribution in [0.25, 0.3) is 0 Å². The average molecular weight is 395 g/mol. The third-order valence-corrected chi connectivity index (χ3v) is 5.22. The Kier molecular flexibility index (Phi) is 5.20. The van der Waals surface area contributed by atoms with Crippen LogP contribution in [0.3, 0.4) is 0 Å². The van der Waals surface area contributed by atoms with Gasteiger partial charge in [-0.1, -0.05) is 0 Å². The number of nitro groups is 1. The zero-order chi connectivity index (χ0) is 19.8. The van der Waals surface area contributed by atoms with Gasteiger partial charge in [-0.25, -0.2) is 0 Å². The van der Waals surface area contributed by atoms with E-state index in [1.807, 2.05) is 0 Å². The summed E-state index contributed by atoms with van der Waals surface area (Å²) in [4.78, 5) is 25.2. The van der Waals surface area contributed by atoms with Gasteiger partial charge in [0.25, 0.3) is 5.69 Å². The summed E-state index contributed by atoms with van der Waals surface area (Å²) in [5, 5.41) is 14.7. The topological polar surface area (TPSA) is 103 Å². The number of hydrogen-bond acceptors (Lipinski definition) is 7. The fraction of sp³-hybridized carbons (Fsp3) is 0.529. The Morgan fingerprint density at radius 3 is 2.89 bits per heavy atom. The van der Waals surface area contributed by atoms with E-state index in [-0.39, 0.29) is 12.3 Å². The molecule has 2 heterocycles. The van der Waals surface area contributed by atoms with Crippen molar-refractivity contribution in [3.05, 3.63) is 33.9 Å². The van der Waals surface area contributed by atoms with Crippen LogP contribution in [-0.4, -0.2) is 53.5 Å². The maximum Gasteiger partial charge on any atom is 0.317 e. The molecule has 1 aromatic rings. The van der Waals surface area contributed by atoms with Crippen molar-refractivity contribution in [2.75, 3.05) is 26.9 Å². The highest BCUT2D eigenvalue weighted by molar-refractivity contribution is 7.80. The van der Waals surface area contributed by atoms with Gasteiger partial charge in [0.2, 0.25) is 0 Å². The minimum Gasteiger partial charge on any atom is -0.467 e. The summed E-state index contributed by atoms with van der Waals surface area (Å²) in [6, 6.07) is 3.74. The number of carbonyl (C=O) groups excluding carboxylic acids is 1. The maximum atomic E-state index is 12.8. The van der Waals surface area contributed by atoms with Gasteiger partial charge in [-0.3, -0.25) is 14.9 Å². The summed E-state index contributed by atoms with van der Waals surface area (Å²) >= 11 is 5.48. The van der Waals surface area contributed by atoms with Crippen molar-refractivity contribution in [1.29, 1.82) is 0 Å². The first-order valence-corrected chi connectivity index (χ1v) is 8.95. The van der Waals surface area contributed by atoms with E-state index < -0.39 is 28.6 Å². The van der Waals surface area contributed by atoms with Crippen LogP contribution in [0.2, 0.25) is 0 Å². The molecular formula is C17H21N3O6S. The van der Waals surface area contributed by atoms with Gasteiger partial charge in [0.05, 0.1) is 24.2 Å². The van der Waals surface area contributed by atoms with Gasteiger partial charge in [-0.05, 0) is 32.1 Å². The number of esters is 1. The molecule has 27 heavy (non-hydrogen) atoms. The van der Waals surface area contributed by atoms with Crippen LogP contribution in [0.15, 0.2) is 18.2 Å². The first kappa shape index (κ1) is 19.3. The third kappa shape index (κ3) is 3.19. The highest BCUT2D eigenvalue weighted by Gasteiger charge is 2.59. The van der Waals surface area contributed by atoms with Crippen LogP contribution in [0.5, 0.6) is 5.75 Å². The molecule has 0 aliphatic carbocycles. The molecule has 0 spiro atoms. The zero-order valence-corrected chi connectivity index (χ0v) is 16.1. The molecule has 2 bridgehead atoms. The molecular weight excluding hydrogens is 374 g/mol. The Hall–Kier alpha value is -2.46. The van der Waals surface area contributed by atoms with Crippen molar-refractivity contribution >= 4 is 29.0 Å². The molecule has 0 radical (unpaired) electrons. The normalized spacial score (nSPS) is 25.9. The highest BCUT2D eigenvalue weighted by atomic mass is 32.1. The molecule has 2 aliphatic heterocycles. The van der Waals surface area contributed by atoms with Gasteiger partial charge in [0, 0.05) is 31.4 Å². The molecule has 9 nitrogen and oxygen atoms in total. The predicted octanol–water partition coefficient (Wildman–Crippen LogP) is 1.76. The second-order valence-electron chi connectivity index (χ2n) is 6.44. The zero-order valence-electron chi connectivity index (χ0n) is 15.3. The molecule has 1 fully saturated rings. The van der Waals surface area contributed by atoms with Gasteiger partial charge in [-0.2, -0.15) is 0 Å². The highest BCUT2D eigenvalue weighted by Crippen LogP contribution is 2.49. The van der Waals surface area contributed by atoms with Crippen LogP contribution >= 0.6 is 12.2 Å². The summed E-state index contributed by atoms with van der Waals surface area (Å²) < 4.78 is 16.6. The summed E-state index contributed by atoms with van der Waals surface area (Å²) in [5.41, 5.74) is -0.687. The lowest BCUT2D eigenvalue weighted by Crippen LogP contribution is -2.71. The summed E-state index contributed by atoms with van der Waals surface area (Å²) in [6.45, 7) is 4.49. The van der Waals surface area contributed by atoms with E-state index in [4.69, 9.17) is 26.4 Å². The van der Waals surface area contributed by atoms with Crippen LogP contribution in [0.4, 0.5) is 5.69 Å². The Balaban J connectivity index is 2.11. The largest absolute Gasteiger partial charge is 0.467 e. The number of thiocarbonyl (C=S) groups is 1. The van der Waals surface area contributed by atoms with E-state index in [2.05, 4.69) is 5.32 Å². The third-order valence-electron chi connectivity index (χ3n) is 4.89. The van der Waals surface area contributed by atoms with Crippen LogP contribution in [-0.2, 0) is 14.3 Å². The Labute approximate surface area is 161 Å². The monoisotopic (exact) mass is 395 g/mol. The summed E-state index contributed by atoms with van der Waals surface area (Å²) in [7, 11) is 1.57. The number of hydrogen-bond donors (Lipinski definition) is 1. The number of carbonyl (C=O) groups is 1.